The summed E-state index contributed by atoms with van der Waals surface area (Å²) in [5.74, 6) is -1.47. The van der Waals surface area contributed by atoms with Crippen LogP contribution in [0.25, 0.3) is 0 Å². The van der Waals surface area contributed by atoms with Gasteiger partial charge >= 0.3 is 5.97 Å². The van der Waals surface area contributed by atoms with Gasteiger partial charge in [0.05, 0.1) is 0 Å². The molecule has 5 nitrogen and oxygen atoms in total. The Bertz CT molecular complexity index is 422. The molecule has 0 saturated carbocycles. The highest BCUT2D eigenvalue weighted by atomic mass is 19.3. The van der Waals surface area contributed by atoms with E-state index in [-0.39, 0.29) is 6.54 Å². The number of aryl methyl sites for hydroxylation is 1. The van der Waals surface area contributed by atoms with E-state index in [0.717, 1.165) is 23.9 Å². The number of aromatic carboxylic acids is 1. The number of rotatable bonds is 10. The SMILES string of the molecule is CCCCCCCCCn1nnc(C(=O)O)c1C(F)F. The lowest BCUT2D eigenvalue weighted by atomic mass is 10.1. The first kappa shape index (κ1) is 16.5. The second-order valence-corrected chi connectivity index (χ2v) is 4.77. The summed E-state index contributed by atoms with van der Waals surface area (Å²) in [5, 5.41) is 15.6. The fourth-order valence-electron chi connectivity index (χ4n) is 2.07. The summed E-state index contributed by atoms with van der Waals surface area (Å²) in [6.07, 6.45) is 4.57. The molecule has 0 spiro atoms. The summed E-state index contributed by atoms with van der Waals surface area (Å²) in [4.78, 5) is 10.8. The van der Waals surface area contributed by atoms with E-state index in [1.54, 1.807) is 0 Å². The number of halogens is 2. The smallest absolute Gasteiger partial charge is 0.358 e. The minimum atomic E-state index is -2.87. The minimum Gasteiger partial charge on any atom is -0.476 e. The lowest BCUT2D eigenvalue weighted by Crippen LogP contribution is -2.09. The minimum absolute atomic E-state index is 0.285. The molecule has 0 amide bonds. The van der Waals surface area contributed by atoms with Crippen molar-refractivity contribution in [3.05, 3.63) is 11.4 Å². The number of aromatic nitrogens is 3. The summed E-state index contributed by atoms with van der Waals surface area (Å²) in [5.41, 5.74) is -1.24. The van der Waals surface area contributed by atoms with Crippen molar-refractivity contribution in [2.75, 3.05) is 0 Å². The van der Waals surface area contributed by atoms with Gasteiger partial charge in [0.2, 0.25) is 0 Å². The first-order chi connectivity index (χ1) is 9.57. The predicted molar refractivity (Wildman–Crippen MR) is 69.9 cm³/mol. The van der Waals surface area contributed by atoms with E-state index in [9.17, 15) is 13.6 Å². The number of unbranched alkanes of at least 4 members (excludes halogenated alkanes) is 6. The maximum Gasteiger partial charge on any atom is 0.358 e. The first-order valence-corrected chi connectivity index (χ1v) is 7.02. The number of carboxylic acid groups (broad SMARTS) is 1. The van der Waals surface area contributed by atoms with Crippen LogP contribution in [-0.4, -0.2) is 26.1 Å². The predicted octanol–water partition coefficient (Wildman–Crippen LogP) is 3.66. The molecule has 0 bridgehead atoms. The number of carboxylic acids is 1. The molecule has 0 fully saturated rings. The molecule has 1 heterocycles. The van der Waals surface area contributed by atoms with Gasteiger partial charge in [-0.25, -0.2) is 18.3 Å². The van der Waals surface area contributed by atoms with Crippen molar-refractivity contribution in [1.29, 1.82) is 0 Å². The standard InChI is InChI=1S/C13H21F2N3O2/c1-2-3-4-5-6-7-8-9-18-11(12(14)15)10(13(19)20)16-17-18/h12H,2-9H2,1H3,(H,19,20). The van der Waals surface area contributed by atoms with Gasteiger partial charge in [0.25, 0.3) is 6.43 Å². The Hall–Kier alpha value is -1.53. The highest BCUT2D eigenvalue weighted by Gasteiger charge is 2.25. The lowest BCUT2D eigenvalue weighted by molar-refractivity contribution is 0.0675. The Balaban J connectivity index is 2.42. The summed E-state index contributed by atoms with van der Waals surface area (Å²) < 4.78 is 26.7. The van der Waals surface area contributed by atoms with E-state index in [1.807, 2.05) is 0 Å². The second-order valence-electron chi connectivity index (χ2n) is 4.77. The molecule has 0 radical (unpaired) electrons. The van der Waals surface area contributed by atoms with Crippen LogP contribution >= 0.6 is 0 Å². The molecule has 1 rings (SSSR count). The van der Waals surface area contributed by atoms with Gasteiger partial charge in [-0.2, -0.15) is 0 Å². The number of nitrogens with zero attached hydrogens (tertiary/aromatic N) is 3. The van der Waals surface area contributed by atoms with Crippen molar-refractivity contribution >= 4 is 5.97 Å². The average Bonchev–Trinajstić information content (AvgIpc) is 2.82. The van der Waals surface area contributed by atoms with Gasteiger partial charge in [0.1, 0.15) is 5.69 Å². The molecule has 0 atom stereocenters. The summed E-state index contributed by atoms with van der Waals surface area (Å²) in [7, 11) is 0. The highest BCUT2D eigenvalue weighted by molar-refractivity contribution is 5.86. The fraction of sp³-hybridized carbons (Fsp3) is 0.769. The fourth-order valence-corrected chi connectivity index (χ4v) is 2.07. The van der Waals surface area contributed by atoms with Gasteiger partial charge in [0, 0.05) is 6.54 Å². The van der Waals surface area contributed by atoms with Gasteiger partial charge in [-0.3, -0.25) is 0 Å². The van der Waals surface area contributed by atoms with E-state index < -0.39 is 23.8 Å². The van der Waals surface area contributed by atoms with E-state index in [2.05, 4.69) is 17.2 Å². The molecular formula is C13H21F2N3O2. The van der Waals surface area contributed by atoms with Crippen molar-refractivity contribution in [3.63, 3.8) is 0 Å². The number of alkyl halides is 2. The maximum absolute atomic E-state index is 12.8. The molecule has 0 unspecified atom stereocenters. The molecule has 0 aliphatic heterocycles. The molecule has 20 heavy (non-hydrogen) atoms. The van der Waals surface area contributed by atoms with Crippen LogP contribution in [0, 0.1) is 0 Å². The zero-order valence-electron chi connectivity index (χ0n) is 11.7. The molecular weight excluding hydrogens is 268 g/mol. The van der Waals surface area contributed by atoms with Crippen molar-refractivity contribution < 1.29 is 18.7 Å². The molecule has 0 saturated heterocycles. The van der Waals surface area contributed by atoms with Crippen LogP contribution in [0.5, 0.6) is 0 Å². The van der Waals surface area contributed by atoms with Crippen molar-refractivity contribution in [3.8, 4) is 0 Å². The lowest BCUT2D eigenvalue weighted by Gasteiger charge is -2.06. The highest BCUT2D eigenvalue weighted by Crippen LogP contribution is 2.22. The van der Waals surface area contributed by atoms with Crippen molar-refractivity contribution in [2.45, 2.75) is 64.8 Å². The molecule has 1 aromatic heterocycles. The van der Waals surface area contributed by atoms with Crippen LogP contribution in [0.15, 0.2) is 0 Å². The maximum atomic E-state index is 12.8. The Morgan fingerprint density at radius 2 is 1.80 bits per heavy atom. The number of carbonyl (C=O) groups is 1. The third-order valence-corrected chi connectivity index (χ3v) is 3.16. The van der Waals surface area contributed by atoms with Gasteiger partial charge in [0.15, 0.2) is 5.69 Å². The second kappa shape index (κ2) is 8.60. The molecule has 1 N–H and O–H groups in total. The van der Waals surface area contributed by atoms with Crippen LogP contribution in [0.2, 0.25) is 0 Å². The third kappa shape index (κ3) is 4.86. The zero-order chi connectivity index (χ0) is 15.0. The van der Waals surface area contributed by atoms with Crippen LogP contribution < -0.4 is 0 Å². The Morgan fingerprint density at radius 3 is 2.35 bits per heavy atom. The molecule has 7 heteroatoms. The molecule has 0 aliphatic carbocycles. The van der Waals surface area contributed by atoms with Crippen molar-refractivity contribution in [2.24, 2.45) is 0 Å². The molecule has 114 valence electrons. The van der Waals surface area contributed by atoms with Gasteiger partial charge < -0.3 is 5.11 Å². The summed E-state index contributed by atoms with van der Waals surface area (Å²) >= 11 is 0. The first-order valence-electron chi connectivity index (χ1n) is 7.02. The number of hydrogen-bond acceptors (Lipinski definition) is 3. The monoisotopic (exact) mass is 289 g/mol. The quantitative estimate of drug-likeness (QED) is 0.667. The molecule has 1 aromatic rings. The largest absolute Gasteiger partial charge is 0.476 e. The Labute approximate surface area is 117 Å². The summed E-state index contributed by atoms with van der Waals surface area (Å²) in [6.45, 7) is 2.43. The van der Waals surface area contributed by atoms with E-state index >= 15 is 0 Å². The van der Waals surface area contributed by atoms with E-state index in [0.29, 0.717) is 6.42 Å². The van der Waals surface area contributed by atoms with E-state index in [4.69, 9.17) is 5.11 Å². The van der Waals surface area contributed by atoms with Crippen LogP contribution in [0.3, 0.4) is 0 Å². The average molecular weight is 289 g/mol. The Kier molecular flexibility index (Phi) is 7.11. The molecule has 0 aliphatic rings. The topological polar surface area (TPSA) is 68.0 Å². The van der Waals surface area contributed by atoms with Gasteiger partial charge in [-0.05, 0) is 6.42 Å². The van der Waals surface area contributed by atoms with Crippen LogP contribution in [0.4, 0.5) is 8.78 Å². The van der Waals surface area contributed by atoms with Gasteiger partial charge in [-0.15, -0.1) is 5.10 Å². The third-order valence-electron chi connectivity index (χ3n) is 3.16. The van der Waals surface area contributed by atoms with Crippen molar-refractivity contribution in [1.82, 2.24) is 15.0 Å². The van der Waals surface area contributed by atoms with Gasteiger partial charge in [-0.1, -0.05) is 50.7 Å². The zero-order valence-corrected chi connectivity index (χ0v) is 11.7. The normalized spacial score (nSPS) is 11.2. The van der Waals surface area contributed by atoms with E-state index in [1.165, 1.54) is 19.3 Å². The molecule has 0 aromatic carbocycles. The number of hydrogen-bond donors (Lipinski definition) is 1. The van der Waals surface area contributed by atoms with Crippen LogP contribution in [0.1, 0.15) is 74.5 Å². The van der Waals surface area contributed by atoms with Crippen LogP contribution in [-0.2, 0) is 6.54 Å². The Morgan fingerprint density at radius 1 is 1.20 bits per heavy atom. The summed E-state index contributed by atoms with van der Waals surface area (Å²) in [6, 6.07) is 0.